The number of esters is 1. The number of benzene rings is 2. The molecular weight excluding hydrogens is 482 g/mol. The van der Waals surface area contributed by atoms with Gasteiger partial charge in [0, 0.05) is 17.1 Å². The van der Waals surface area contributed by atoms with Crippen LogP contribution in [0.2, 0.25) is 0 Å². The van der Waals surface area contributed by atoms with Gasteiger partial charge in [0.25, 0.3) is 0 Å². The Hall–Kier alpha value is -3.32. The third-order valence-electron chi connectivity index (χ3n) is 5.50. The molecule has 6 nitrogen and oxygen atoms in total. The highest BCUT2D eigenvalue weighted by atomic mass is 79.9. The largest absolute Gasteiger partial charge is 0.488 e. The van der Waals surface area contributed by atoms with E-state index in [0.717, 1.165) is 32.9 Å². The minimum atomic E-state index is -0.333. The summed E-state index contributed by atoms with van der Waals surface area (Å²) in [5.41, 5.74) is 4.52. The fourth-order valence-corrected chi connectivity index (χ4v) is 4.20. The number of aromatic nitrogens is 1. The zero-order chi connectivity index (χ0) is 23.4. The van der Waals surface area contributed by atoms with Crippen LogP contribution in [0, 0.1) is 6.92 Å². The molecule has 2 aromatic carbocycles. The zero-order valence-corrected chi connectivity index (χ0v) is 20.5. The van der Waals surface area contributed by atoms with Crippen molar-refractivity contribution in [2.45, 2.75) is 20.5 Å². The van der Waals surface area contributed by atoms with E-state index in [1.807, 2.05) is 66.7 Å². The van der Waals surface area contributed by atoms with Crippen molar-refractivity contribution in [2.75, 3.05) is 25.2 Å². The number of carbonyl (C=O) groups is 1. The molecular formula is C26H26BrN3O3. The average molecular weight is 508 g/mol. The Labute approximate surface area is 202 Å². The molecule has 0 fully saturated rings. The van der Waals surface area contributed by atoms with E-state index in [1.54, 1.807) is 11.9 Å². The van der Waals surface area contributed by atoms with E-state index in [-0.39, 0.29) is 5.97 Å². The van der Waals surface area contributed by atoms with E-state index in [0.29, 0.717) is 25.5 Å². The molecule has 0 aliphatic carbocycles. The third-order valence-corrected chi connectivity index (χ3v) is 6.00. The van der Waals surface area contributed by atoms with Gasteiger partial charge in [0.1, 0.15) is 23.9 Å². The summed E-state index contributed by atoms with van der Waals surface area (Å²) in [5, 5.41) is 3.72. The van der Waals surface area contributed by atoms with Gasteiger partial charge >= 0.3 is 5.97 Å². The molecule has 1 aromatic heterocycles. The van der Waals surface area contributed by atoms with Crippen molar-refractivity contribution in [2.24, 2.45) is 0 Å². The molecule has 0 amide bonds. The molecule has 0 spiro atoms. The number of rotatable bonds is 7. The number of pyridine rings is 1. The second kappa shape index (κ2) is 10.1. The highest BCUT2D eigenvalue weighted by molar-refractivity contribution is 9.10. The number of nitrogens with zero attached hydrogens (tertiary/aromatic N) is 3. The minimum Gasteiger partial charge on any atom is -0.488 e. The van der Waals surface area contributed by atoms with Gasteiger partial charge in [-0.15, -0.1) is 0 Å². The van der Waals surface area contributed by atoms with Crippen molar-refractivity contribution in [3.05, 3.63) is 88.0 Å². The van der Waals surface area contributed by atoms with Crippen molar-refractivity contribution >= 4 is 27.7 Å². The van der Waals surface area contributed by atoms with Gasteiger partial charge in [0.2, 0.25) is 0 Å². The van der Waals surface area contributed by atoms with Crippen molar-refractivity contribution in [1.29, 1.82) is 0 Å². The second-order valence-electron chi connectivity index (χ2n) is 7.65. The number of ether oxygens (including phenoxy) is 2. The molecule has 0 saturated carbocycles. The quantitative estimate of drug-likeness (QED) is 0.393. The van der Waals surface area contributed by atoms with Gasteiger partial charge in [-0.25, -0.2) is 9.78 Å². The molecule has 4 rings (SSSR count). The molecule has 170 valence electrons. The number of likely N-dealkylation sites (N-methyl/N-ethyl adjacent to an activating group) is 1. The highest BCUT2D eigenvalue weighted by Gasteiger charge is 2.27. The molecule has 0 atom stereocenters. The molecule has 1 aliphatic heterocycles. The second-order valence-corrected chi connectivity index (χ2v) is 8.57. The molecule has 3 aromatic rings. The van der Waals surface area contributed by atoms with Crippen LogP contribution in [0.15, 0.2) is 76.9 Å². The molecule has 0 N–H and O–H groups in total. The van der Waals surface area contributed by atoms with Crippen LogP contribution < -0.4 is 9.75 Å². The van der Waals surface area contributed by atoms with E-state index < -0.39 is 0 Å². The first kappa shape index (κ1) is 22.9. The Morgan fingerprint density at radius 1 is 1.12 bits per heavy atom. The maximum atomic E-state index is 12.2. The summed E-state index contributed by atoms with van der Waals surface area (Å²) < 4.78 is 12.4. The molecule has 0 unspecified atom stereocenters. The van der Waals surface area contributed by atoms with Gasteiger partial charge in [0.15, 0.2) is 0 Å². The molecule has 1 aliphatic rings. The van der Waals surface area contributed by atoms with Gasteiger partial charge in [-0.05, 0) is 67.4 Å². The van der Waals surface area contributed by atoms with Gasteiger partial charge in [0.05, 0.1) is 18.8 Å². The SMILES string of the molecule is CCOC(=O)C1=CCN(c2cccc(-c3ccccc3OCc3ccc(Br)cc3C)n2)N1C. The number of aryl methyl sites for hydroxylation is 1. The Morgan fingerprint density at radius 2 is 1.94 bits per heavy atom. The van der Waals surface area contributed by atoms with Crippen LogP contribution >= 0.6 is 15.9 Å². The first-order chi connectivity index (χ1) is 16.0. The maximum absolute atomic E-state index is 12.2. The van der Waals surface area contributed by atoms with E-state index in [9.17, 15) is 4.79 Å². The van der Waals surface area contributed by atoms with Crippen LogP contribution in [0.3, 0.4) is 0 Å². The summed E-state index contributed by atoms with van der Waals surface area (Å²) in [6, 6.07) is 19.9. The molecule has 0 bridgehead atoms. The standard InChI is InChI=1S/C26H26BrN3O3/c1-4-32-26(31)23-14-15-30(29(23)3)25-11-7-9-22(28-25)21-8-5-6-10-24(21)33-17-19-12-13-20(27)16-18(19)2/h5-14,16H,4,15,17H2,1-3H3. The molecule has 2 heterocycles. The Kier molecular flexibility index (Phi) is 6.99. The lowest BCUT2D eigenvalue weighted by Gasteiger charge is -2.29. The predicted molar refractivity (Wildman–Crippen MR) is 133 cm³/mol. The van der Waals surface area contributed by atoms with Gasteiger partial charge in [-0.1, -0.05) is 40.2 Å². The summed E-state index contributed by atoms with van der Waals surface area (Å²) in [7, 11) is 1.84. The van der Waals surface area contributed by atoms with Crippen LogP contribution in [-0.2, 0) is 16.1 Å². The maximum Gasteiger partial charge on any atom is 0.356 e. The van der Waals surface area contributed by atoms with E-state index in [4.69, 9.17) is 14.5 Å². The van der Waals surface area contributed by atoms with Crippen molar-refractivity contribution in [1.82, 2.24) is 9.99 Å². The lowest BCUT2D eigenvalue weighted by atomic mass is 10.1. The van der Waals surface area contributed by atoms with Crippen LogP contribution in [0.4, 0.5) is 5.82 Å². The topological polar surface area (TPSA) is 54.9 Å². The number of hydrazine groups is 1. The van der Waals surface area contributed by atoms with E-state index in [2.05, 4.69) is 35.0 Å². The lowest BCUT2D eigenvalue weighted by Crippen LogP contribution is -2.37. The van der Waals surface area contributed by atoms with E-state index >= 15 is 0 Å². The van der Waals surface area contributed by atoms with Gasteiger partial charge < -0.3 is 9.47 Å². The van der Waals surface area contributed by atoms with Crippen LogP contribution in [0.25, 0.3) is 11.3 Å². The van der Waals surface area contributed by atoms with Crippen molar-refractivity contribution < 1.29 is 14.3 Å². The van der Waals surface area contributed by atoms with Crippen LogP contribution in [0.1, 0.15) is 18.1 Å². The Balaban J connectivity index is 1.55. The summed E-state index contributed by atoms with van der Waals surface area (Å²) >= 11 is 3.51. The number of para-hydroxylation sites is 1. The number of carbonyl (C=O) groups excluding carboxylic acids is 1. The van der Waals surface area contributed by atoms with Crippen LogP contribution in [0.5, 0.6) is 5.75 Å². The summed E-state index contributed by atoms with van der Waals surface area (Å²) in [4.78, 5) is 17.1. The van der Waals surface area contributed by atoms with Gasteiger partial charge in [-0.2, -0.15) is 0 Å². The lowest BCUT2D eigenvalue weighted by molar-refractivity contribution is -0.140. The number of hydrogen-bond acceptors (Lipinski definition) is 6. The van der Waals surface area contributed by atoms with E-state index in [1.165, 1.54) is 5.56 Å². The predicted octanol–water partition coefficient (Wildman–Crippen LogP) is 5.51. The summed E-state index contributed by atoms with van der Waals surface area (Å²) in [6.45, 7) is 5.23. The highest BCUT2D eigenvalue weighted by Crippen LogP contribution is 2.32. The Morgan fingerprint density at radius 3 is 2.73 bits per heavy atom. The fourth-order valence-electron chi connectivity index (χ4n) is 3.72. The normalized spacial score (nSPS) is 13.2. The smallest absolute Gasteiger partial charge is 0.356 e. The average Bonchev–Trinajstić information content (AvgIpc) is 3.20. The first-order valence-corrected chi connectivity index (χ1v) is 11.6. The van der Waals surface area contributed by atoms with Crippen molar-refractivity contribution in [3.8, 4) is 17.0 Å². The first-order valence-electron chi connectivity index (χ1n) is 10.8. The zero-order valence-electron chi connectivity index (χ0n) is 18.9. The number of halogens is 1. The van der Waals surface area contributed by atoms with Crippen LogP contribution in [-0.4, -0.2) is 36.2 Å². The Bertz CT molecular complexity index is 1190. The monoisotopic (exact) mass is 507 g/mol. The van der Waals surface area contributed by atoms with Gasteiger partial charge in [-0.3, -0.25) is 10.0 Å². The minimum absolute atomic E-state index is 0.333. The number of hydrogen-bond donors (Lipinski definition) is 0. The number of anilines is 1. The fraction of sp³-hybridized carbons (Fsp3) is 0.231. The molecule has 0 saturated heterocycles. The van der Waals surface area contributed by atoms with Crippen molar-refractivity contribution in [3.63, 3.8) is 0 Å². The molecule has 33 heavy (non-hydrogen) atoms. The third kappa shape index (κ3) is 5.03. The summed E-state index contributed by atoms with van der Waals surface area (Å²) in [5.74, 6) is 1.18. The summed E-state index contributed by atoms with van der Waals surface area (Å²) in [6.07, 6.45) is 1.85. The molecule has 0 radical (unpaired) electrons. The molecule has 7 heteroatoms.